The summed E-state index contributed by atoms with van der Waals surface area (Å²) in [6.45, 7) is 5.67. The van der Waals surface area contributed by atoms with Gasteiger partial charge in [-0.25, -0.2) is 0 Å². The Morgan fingerprint density at radius 1 is 1.12 bits per heavy atom. The van der Waals surface area contributed by atoms with E-state index in [9.17, 15) is 4.79 Å². The minimum atomic E-state index is 0.297. The van der Waals surface area contributed by atoms with E-state index in [-0.39, 0.29) is 0 Å². The SMILES string of the molecule is CC=C1CC[C@H]2[C@@H]3CC[C@@H]4CC(=O)CC[C@]4(COC)[C@H]3CC[C@]12C. The fourth-order valence-corrected chi connectivity index (χ4v) is 7.72. The van der Waals surface area contributed by atoms with Gasteiger partial charge in [0, 0.05) is 25.4 Å². The van der Waals surface area contributed by atoms with Gasteiger partial charge in [0.15, 0.2) is 0 Å². The number of hydrogen-bond donors (Lipinski definition) is 0. The lowest BCUT2D eigenvalue weighted by atomic mass is 9.44. The van der Waals surface area contributed by atoms with Crippen LogP contribution in [0.25, 0.3) is 0 Å². The van der Waals surface area contributed by atoms with E-state index in [4.69, 9.17) is 4.74 Å². The summed E-state index contributed by atoms with van der Waals surface area (Å²) in [6.07, 6.45) is 13.2. The van der Waals surface area contributed by atoms with Crippen LogP contribution in [0.4, 0.5) is 0 Å². The van der Waals surface area contributed by atoms with E-state index >= 15 is 0 Å². The number of Topliss-reactive ketones (excluding diaryl/α,β-unsaturated/α-hetero) is 1. The highest BCUT2D eigenvalue weighted by Gasteiger charge is 2.60. The molecule has 0 heterocycles. The summed E-state index contributed by atoms with van der Waals surface area (Å²) in [6, 6.07) is 0. The molecule has 134 valence electrons. The normalized spacial score (nSPS) is 49.6. The van der Waals surface area contributed by atoms with Gasteiger partial charge in [-0.3, -0.25) is 4.79 Å². The number of carbonyl (C=O) groups excluding carboxylic acids is 1. The lowest BCUT2D eigenvalue weighted by molar-refractivity contribution is -0.151. The molecule has 0 radical (unpaired) electrons. The molecule has 0 N–H and O–H groups in total. The Morgan fingerprint density at radius 2 is 1.96 bits per heavy atom. The first kappa shape index (κ1) is 16.8. The van der Waals surface area contributed by atoms with Crippen molar-refractivity contribution in [3.8, 4) is 0 Å². The number of hydrogen-bond acceptors (Lipinski definition) is 2. The van der Waals surface area contributed by atoms with Gasteiger partial charge in [0.05, 0.1) is 6.61 Å². The third-order valence-corrected chi connectivity index (χ3v) is 8.79. The molecule has 6 atom stereocenters. The first-order chi connectivity index (χ1) is 11.5. The maximum atomic E-state index is 12.1. The molecule has 2 heteroatoms. The number of carbonyl (C=O) groups is 1. The molecule has 0 saturated heterocycles. The highest BCUT2D eigenvalue weighted by atomic mass is 16.5. The molecular weight excluding hydrogens is 296 g/mol. The standard InChI is InChI=1S/C22H34O2/c1-4-15-6-8-19-18-7-5-16-13-17(23)9-12-22(16,14-24-3)20(18)10-11-21(15,19)2/h4,16,18-20H,5-14H2,1-3H3/t16-,18+,19+,20+,21-,22-/m1/s1. The van der Waals surface area contributed by atoms with E-state index in [2.05, 4.69) is 19.9 Å². The minimum absolute atomic E-state index is 0.297. The van der Waals surface area contributed by atoms with Crippen molar-refractivity contribution in [3.63, 3.8) is 0 Å². The van der Waals surface area contributed by atoms with Crippen LogP contribution in [-0.4, -0.2) is 19.5 Å². The molecule has 4 saturated carbocycles. The van der Waals surface area contributed by atoms with E-state index in [1.54, 1.807) is 5.57 Å². The zero-order chi connectivity index (χ0) is 16.9. The number of allylic oxidation sites excluding steroid dienone is 2. The molecule has 4 fully saturated rings. The summed E-state index contributed by atoms with van der Waals surface area (Å²) in [7, 11) is 1.87. The number of methoxy groups -OCH3 is 1. The van der Waals surface area contributed by atoms with Gasteiger partial charge in [-0.15, -0.1) is 0 Å². The Bertz CT molecular complexity index is 550. The third-order valence-electron chi connectivity index (χ3n) is 8.79. The van der Waals surface area contributed by atoms with E-state index in [1.165, 1.54) is 38.5 Å². The minimum Gasteiger partial charge on any atom is -0.384 e. The molecule has 4 aliphatic carbocycles. The first-order valence-electron chi connectivity index (χ1n) is 10.2. The molecule has 0 aromatic heterocycles. The van der Waals surface area contributed by atoms with Crippen LogP contribution in [0.15, 0.2) is 11.6 Å². The van der Waals surface area contributed by atoms with Crippen LogP contribution in [0.1, 0.15) is 71.6 Å². The highest BCUT2D eigenvalue weighted by molar-refractivity contribution is 5.79. The molecular formula is C22H34O2. The average Bonchev–Trinajstić information content (AvgIpc) is 2.92. The van der Waals surface area contributed by atoms with Gasteiger partial charge < -0.3 is 4.74 Å². The maximum Gasteiger partial charge on any atom is 0.133 e. The van der Waals surface area contributed by atoms with Crippen LogP contribution >= 0.6 is 0 Å². The molecule has 4 rings (SSSR count). The summed E-state index contributed by atoms with van der Waals surface area (Å²) < 4.78 is 5.78. The molecule has 0 bridgehead atoms. The van der Waals surface area contributed by atoms with Crippen LogP contribution < -0.4 is 0 Å². The molecule has 24 heavy (non-hydrogen) atoms. The van der Waals surface area contributed by atoms with Crippen molar-refractivity contribution < 1.29 is 9.53 Å². The Morgan fingerprint density at radius 3 is 2.71 bits per heavy atom. The largest absolute Gasteiger partial charge is 0.384 e. The van der Waals surface area contributed by atoms with E-state index < -0.39 is 0 Å². The Hall–Kier alpha value is -0.630. The first-order valence-corrected chi connectivity index (χ1v) is 10.2. The number of ketones is 1. The van der Waals surface area contributed by atoms with Crippen molar-refractivity contribution in [2.75, 3.05) is 13.7 Å². The van der Waals surface area contributed by atoms with Gasteiger partial charge in [-0.2, -0.15) is 0 Å². The smallest absolute Gasteiger partial charge is 0.133 e. The summed E-state index contributed by atoms with van der Waals surface area (Å²) >= 11 is 0. The molecule has 0 aliphatic heterocycles. The Labute approximate surface area is 147 Å². The van der Waals surface area contributed by atoms with Crippen LogP contribution in [0, 0.1) is 34.5 Å². The fraction of sp³-hybridized carbons (Fsp3) is 0.864. The molecule has 0 unspecified atom stereocenters. The van der Waals surface area contributed by atoms with Gasteiger partial charge in [0.2, 0.25) is 0 Å². The second-order valence-corrected chi connectivity index (χ2v) is 9.37. The zero-order valence-corrected chi connectivity index (χ0v) is 15.8. The molecule has 0 spiro atoms. The van der Waals surface area contributed by atoms with E-state index in [1.807, 2.05) is 7.11 Å². The van der Waals surface area contributed by atoms with Crippen LogP contribution in [-0.2, 0) is 9.53 Å². The quantitative estimate of drug-likeness (QED) is 0.653. The fourth-order valence-electron chi connectivity index (χ4n) is 7.72. The topological polar surface area (TPSA) is 26.3 Å². The summed E-state index contributed by atoms with van der Waals surface area (Å²) in [5.74, 6) is 3.61. The zero-order valence-electron chi connectivity index (χ0n) is 15.8. The van der Waals surface area contributed by atoms with E-state index in [0.717, 1.165) is 43.6 Å². The number of rotatable bonds is 2. The third kappa shape index (κ3) is 2.21. The summed E-state index contributed by atoms with van der Waals surface area (Å²) in [5.41, 5.74) is 2.49. The maximum absolute atomic E-state index is 12.1. The molecule has 0 amide bonds. The average molecular weight is 331 g/mol. The number of ether oxygens (including phenoxy) is 1. The summed E-state index contributed by atoms with van der Waals surface area (Å²) in [4.78, 5) is 12.1. The van der Waals surface area contributed by atoms with Gasteiger partial charge in [-0.05, 0) is 81.0 Å². The van der Waals surface area contributed by atoms with Crippen molar-refractivity contribution in [2.45, 2.75) is 71.6 Å². The molecule has 0 aromatic carbocycles. The second-order valence-electron chi connectivity index (χ2n) is 9.37. The van der Waals surface area contributed by atoms with Crippen molar-refractivity contribution in [1.29, 1.82) is 0 Å². The number of fused-ring (bicyclic) bond motifs is 5. The second kappa shape index (κ2) is 5.97. The lowest BCUT2D eigenvalue weighted by Gasteiger charge is -2.60. The van der Waals surface area contributed by atoms with Crippen LogP contribution in [0.2, 0.25) is 0 Å². The van der Waals surface area contributed by atoms with Crippen molar-refractivity contribution in [2.24, 2.45) is 34.5 Å². The van der Waals surface area contributed by atoms with Gasteiger partial charge >= 0.3 is 0 Å². The Kier molecular flexibility index (Phi) is 4.18. The molecule has 0 aromatic rings. The predicted molar refractivity (Wildman–Crippen MR) is 96.7 cm³/mol. The van der Waals surface area contributed by atoms with Crippen LogP contribution in [0.5, 0.6) is 0 Å². The lowest BCUT2D eigenvalue weighted by Crippen LogP contribution is -2.56. The molecule has 4 aliphatic rings. The molecule has 2 nitrogen and oxygen atoms in total. The van der Waals surface area contributed by atoms with Gasteiger partial charge in [0.25, 0.3) is 0 Å². The predicted octanol–water partition coefficient (Wildman–Crippen LogP) is 5.17. The van der Waals surface area contributed by atoms with Gasteiger partial charge in [0.1, 0.15) is 5.78 Å². The Balaban J connectivity index is 1.67. The highest BCUT2D eigenvalue weighted by Crippen LogP contribution is 2.67. The van der Waals surface area contributed by atoms with Crippen molar-refractivity contribution in [3.05, 3.63) is 11.6 Å². The van der Waals surface area contributed by atoms with Crippen LogP contribution in [0.3, 0.4) is 0 Å². The van der Waals surface area contributed by atoms with Crippen molar-refractivity contribution >= 4 is 5.78 Å². The van der Waals surface area contributed by atoms with Crippen molar-refractivity contribution in [1.82, 2.24) is 0 Å². The van der Waals surface area contributed by atoms with E-state index in [0.29, 0.717) is 22.5 Å². The van der Waals surface area contributed by atoms with Gasteiger partial charge in [-0.1, -0.05) is 18.6 Å². The summed E-state index contributed by atoms with van der Waals surface area (Å²) in [5, 5.41) is 0. The monoisotopic (exact) mass is 330 g/mol.